The third-order valence-corrected chi connectivity index (χ3v) is 3.57. The molecule has 0 bridgehead atoms. The van der Waals surface area contributed by atoms with Gasteiger partial charge in [0.2, 0.25) is 0 Å². The Hall–Kier alpha value is -1.77. The Morgan fingerprint density at radius 3 is 2.89 bits per heavy atom. The molecule has 0 unspecified atom stereocenters. The maximum Gasteiger partial charge on any atom is 0.261 e. The van der Waals surface area contributed by atoms with Crippen LogP contribution >= 0.6 is 22.6 Å². The highest BCUT2D eigenvalue weighted by molar-refractivity contribution is 14.1. The van der Waals surface area contributed by atoms with Crippen molar-refractivity contribution in [1.82, 2.24) is 24.3 Å². The maximum atomic E-state index is 12.4. The molecular weight excluding hydrogens is 357 g/mol. The predicted molar refractivity (Wildman–Crippen MR) is 78.8 cm³/mol. The fourth-order valence-electron chi connectivity index (χ4n) is 1.86. The van der Waals surface area contributed by atoms with Crippen molar-refractivity contribution < 1.29 is 0 Å². The summed E-state index contributed by atoms with van der Waals surface area (Å²) in [6.45, 7) is 0.365. The van der Waals surface area contributed by atoms with E-state index in [1.807, 2.05) is 18.2 Å². The Morgan fingerprint density at radius 2 is 2.16 bits per heavy atom. The first kappa shape index (κ1) is 12.3. The minimum Gasteiger partial charge on any atom is -0.291 e. The molecule has 2 heterocycles. The summed E-state index contributed by atoms with van der Waals surface area (Å²) in [5, 5.41) is 4.61. The van der Waals surface area contributed by atoms with Crippen LogP contribution in [-0.2, 0) is 13.6 Å². The Kier molecular flexibility index (Phi) is 3.05. The van der Waals surface area contributed by atoms with Crippen molar-refractivity contribution in [2.24, 2.45) is 7.05 Å². The minimum absolute atomic E-state index is 0.0634. The fraction of sp³-hybridized carbons (Fsp3) is 0.167. The van der Waals surface area contributed by atoms with Gasteiger partial charge >= 0.3 is 0 Å². The lowest BCUT2D eigenvalue weighted by Crippen LogP contribution is -2.22. The van der Waals surface area contributed by atoms with Crippen LogP contribution in [0.5, 0.6) is 0 Å². The van der Waals surface area contributed by atoms with Gasteiger partial charge in [-0.1, -0.05) is 0 Å². The van der Waals surface area contributed by atoms with Crippen molar-refractivity contribution in [3.8, 4) is 0 Å². The van der Waals surface area contributed by atoms with Gasteiger partial charge in [-0.15, -0.1) is 0 Å². The van der Waals surface area contributed by atoms with Crippen LogP contribution in [0.15, 0.2) is 35.6 Å². The van der Waals surface area contributed by atoms with E-state index in [1.165, 1.54) is 6.33 Å². The summed E-state index contributed by atoms with van der Waals surface area (Å²) >= 11 is 2.18. The molecule has 0 aliphatic carbocycles. The number of benzene rings is 1. The third-order valence-electron chi connectivity index (χ3n) is 2.90. The van der Waals surface area contributed by atoms with Crippen LogP contribution in [-0.4, -0.2) is 24.3 Å². The van der Waals surface area contributed by atoms with E-state index in [-0.39, 0.29) is 5.56 Å². The number of nitrogens with zero attached hydrogens (tertiary/aromatic N) is 5. The van der Waals surface area contributed by atoms with E-state index < -0.39 is 0 Å². The molecule has 2 aromatic heterocycles. The van der Waals surface area contributed by atoms with Crippen molar-refractivity contribution in [3.05, 3.63) is 50.6 Å². The summed E-state index contributed by atoms with van der Waals surface area (Å²) in [5.41, 5.74) is 0.645. The SMILES string of the molecule is Cn1ncnc1Cn1cnc2ccc(I)cc2c1=O. The van der Waals surface area contributed by atoms with Gasteiger partial charge in [0.05, 0.1) is 23.8 Å². The van der Waals surface area contributed by atoms with Crippen LogP contribution in [0.25, 0.3) is 10.9 Å². The van der Waals surface area contributed by atoms with Gasteiger partial charge in [-0.3, -0.25) is 14.0 Å². The van der Waals surface area contributed by atoms with E-state index in [1.54, 1.807) is 22.6 Å². The van der Waals surface area contributed by atoms with Crippen molar-refractivity contribution in [2.75, 3.05) is 0 Å². The number of hydrogen-bond acceptors (Lipinski definition) is 4. The summed E-state index contributed by atoms with van der Waals surface area (Å²) in [6, 6.07) is 5.63. The summed E-state index contributed by atoms with van der Waals surface area (Å²) in [4.78, 5) is 20.8. The van der Waals surface area contributed by atoms with Crippen molar-refractivity contribution >= 4 is 33.5 Å². The molecular formula is C12H10IN5O. The second-order valence-electron chi connectivity index (χ2n) is 4.14. The lowest BCUT2D eigenvalue weighted by Gasteiger charge is -2.06. The highest BCUT2D eigenvalue weighted by Crippen LogP contribution is 2.11. The molecule has 0 aliphatic rings. The number of halogens is 1. The maximum absolute atomic E-state index is 12.4. The van der Waals surface area contributed by atoms with Gasteiger partial charge in [-0.25, -0.2) is 9.97 Å². The van der Waals surface area contributed by atoms with E-state index in [0.29, 0.717) is 23.3 Å². The summed E-state index contributed by atoms with van der Waals surface area (Å²) < 4.78 is 4.20. The van der Waals surface area contributed by atoms with Crippen LogP contribution in [0.4, 0.5) is 0 Å². The smallest absolute Gasteiger partial charge is 0.261 e. The molecule has 0 N–H and O–H groups in total. The molecule has 0 saturated carbocycles. The van der Waals surface area contributed by atoms with Crippen LogP contribution < -0.4 is 5.56 Å². The Balaban J connectivity index is 2.13. The lowest BCUT2D eigenvalue weighted by atomic mass is 10.2. The van der Waals surface area contributed by atoms with Crippen LogP contribution in [0, 0.1) is 3.57 Å². The number of aryl methyl sites for hydroxylation is 1. The average molecular weight is 367 g/mol. The van der Waals surface area contributed by atoms with Gasteiger partial charge < -0.3 is 0 Å². The number of fused-ring (bicyclic) bond motifs is 1. The summed E-state index contributed by atoms with van der Waals surface area (Å²) in [5.74, 6) is 0.717. The molecule has 0 aliphatic heterocycles. The van der Waals surface area contributed by atoms with Gasteiger partial charge in [0.25, 0.3) is 5.56 Å². The largest absolute Gasteiger partial charge is 0.291 e. The summed E-state index contributed by atoms with van der Waals surface area (Å²) in [7, 11) is 1.80. The van der Waals surface area contributed by atoms with Crippen LogP contribution in [0.1, 0.15) is 5.82 Å². The highest BCUT2D eigenvalue weighted by Gasteiger charge is 2.07. The zero-order valence-electron chi connectivity index (χ0n) is 10.1. The Morgan fingerprint density at radius 1 is 1.32 bits per heavy atom. The molecule has 6 nitrogen and oxygen atoms in total. The van der Waals surface area contributed by atoms with Gasteiger partial charge in [-0.2, -0.15) is 5.10 Å². The van der Waals surface area contributed by atoms with E-state index in [2.05, 4.69) is 37.7 Å². The average Bonchev–Trinajstić information content (AvgIpc) is 2.79. The molecule has 3 rings (SSSR count). The molecule has 96 valence electrons. The normalized spacial score (nSPS) is 11.1. The van der Waals surface area contributed by atoms with Gasteiger partial charge in [0.1, 0.15) is 12.2 Å². The van der Waals surface area contributed by atoms with Crippen LogP contribution in [0.3, 0.4) is 0 Å². The fourth-order valence-corrected chi connectivity index (χ4v) is 2.35. The molecule has 0 fully saturated rings. The Bertz CT molecular complexity index is 807. The lowest BCUT2D eigenvalue weighted by molar-refractivity contribution is 0.637. The van der Waals surface area contributed by atoms with Crippen molar-refractivity contribution in [1.29, 1.82) is 0 Å². The zero-order valence-corrected chi connectivity index (χ0v) is 12.3. The van der Waals surface area contributed by atoms with Crippen LogP contribution in [0.2, 0.25) is 0 Å². The molecule has 0 spiro atoms. The van der Waals surface area contributed by atoms with Gasteiger partial charge in [0.15, 0.2) is 0 Å². The quantitative estimate of drug-likeness (QED) is 0.638. The molecule has 0 atom stereocenters. The van der Waals surface area contributed by atoms with E-state index in [0.717, 1.165) is 3.57 Å². The highest BCUT2D eigenvalue weighted by atomic mass is 127. The predicted octanol–water partition coefficient (Wildman–Crippen LogP) is 1.18. The number of aromatic nitrogens is 5. The first-order valence-electron chi connectivity index (χ1n) is 5.63. The van der Waals surface area contributed by atoms with Gasteiger partial charge in [0, 0.05) is 10.6 Å². The Labute approximate surface area is 122 Å². The molecule has 1 aromatic carbocycles. The molecule has 0 saturated heterocycles. The van der Waals surface area contributed by atoms with Crippen molar-refractivity contribution in [3.63, 3.8) is 0 Å². The van der Waals surface area contributed by atoms with Crippen molar-refractivity contribution in [2.45, 2.75) is 6.54 Å². The topological polar surface area (TPSA) is 65.6 Å². The molecule has 0 radical (unpaired) electrons. The second-order valence-corrected chi connectivity index (χ2v) is 5.38. The van der Waals surface area contributed by atoms with E-state index in [9.17, 15) is 4.79 Å². The number of hydrogen-bond donors (Lipinski definition) is 0. The molecule has 19 heavy (non-hydrogen) atoms. The zero-order chi connectivity index (χ0) is 13.4. The third kappa shape index (κ3) is 2.25. The van der Waals surface area contributed by atoms with E-state index >= 15 is 0 Å². The van der Waals surface area contributed by atoms with Gasteiger partial charge in [-0.05, 0) is 40.8 Å². The monoisotopic (exact) mass is 367 g/mol. The first-order chi connectivity index (χ1) is 9.15. The molecule has 3 aromatic rings. The van der Waals surface area contributed by atoms with E-state index in [4.69, 9.17) is 0 Å². The second kappa shape index (κ2) is 4.72. The minimum atomic E-state index is -0.0634. The first-order valence-corrected chi connectivity index (χ1v) is 6.70. The molecule has 7 heteroatoms. The standard InChI is InChI=1S/C12H10IN5O/c1-17-11(14-6-16-17)5-18-7-15-10-3-2-8(13)4-9(10)12(18)19/h2-4,6-7H,5H2,1H3. The molecule has 0 amide bonds. The summed E-state index contributed by atoms with van der Waals surface area (Å²) in [6.07, 6.45) is 3.02. The number of rotatable bonds is 2.